The van der Waals surface area contributed by atoms with Crippen molar-refractivity contribution in [2.45, 2.75) is 94.3 Å². The molecule has 2 aromatic carbocycles. The first-order chi connectivity index (χ1) is 18.2. The molecule has 0 aliphatic rings. The lowest BCUT2D eigenvalue weighted by Gasteiger charge is -2.10. The van der Waals surface area contributed by atoms with Crippen molar-refractivity contribution in [2.75, 3.05) is 0 Å². The van der Waals surface area contributed by atoms with E-state index in [1.165, 1.54) is 80.0 Å². The summed E-state index contributed by atoms with van der Waals surface area (Å²) in [4.78, 5) is -0.00636. The van der Waals surface area contributed by atoms with E-state index in [4.69, 9.17) is 8.37 Å². The van der Waals surface area contributed by atoms with Crippen LogP contribution in [0.5, 0.6) is 11.5 Å². The highest BCUT2D eigenvalue weighted by Gasteiger charge is 2.24. The van der Waals surface area contributed by atoms with Crippen LogP contribution in [-0.4, -0.2) is 16.8 Å². The zero-order valence-electron chi connectivity index (χ0n) is 22.2. The molecule has 0 amide bonds. The SMILES string of the molecule is CCCCCCCCCCc1ccc(S(=O)(=O)Oc2cscc2OS(=O)(=O)c2ccc(CCC)cc2)cc1. The van der Waals surface area contributed by atoms with E-state index in [-0.39, 0.29) is 21.3 Å². The van der Waals surface area contributed by atoms with Crippen LogP contribution < -0.4 is 8.37 Å². The van der Waals surface area contributed by atoms with E-state index in [0.29, 0.717) is 0 Å². The van der Waals surface area contributed by atoms with Gasteiger partial charge >= 0.3 is 20.2 Å². The maximum atomic E-state index is 12.9. The van der Waals surface area contributed by atoms with Crippen LogP contribution in [0.1, 0.15) is 82.8 Å². The van der Waals surface area contributed by atoms with Gasteiger partial charge in [0.15, 0.2) is 11.5 Å². The summed E-state index contributed by atoms with van der Waals surface area (Å²) in [5, 5.41) is 2.81. The van der Waals surface area contributed by atoms with E-state index in [1.807, 2.05) is 6.92 Å². The molecule has 38 heavy (non-hydrogen) atoms. The van der Waals surface area contributed by atoms with Crippen molar-refractivity contribution in [3.63, 3.8) is 0 Å². The molecule has 0 bridgehead atoms. The van der Waals surface area contributed by atoms with Crippen molar-refractivity contribution >= 4 is 31.6 Å². The van der Waals surface area contributed by atoms with Gasteiger partial charge in [-0.15, -0.1) is 11.3 Å². The van der Waals surface area contributed by atoms with Gasteiger partial charge in [-0.25, -0.2) is 0 Å². The smallest absolute Gasteiger partial charge is 0.339 e. The largest absolute Gasteiger partial charge is 0.374 e. The molecule has 0 spiro atoms. The van der Waals surface area contributed by atoms with Crippen LogP contribution in [0.2, 0.25) is 0 Å². The fourth-order valence-corrected chi connectivity index (χ4v) is 6.76. The molecule has 0 aliphatic carbocycles. The number of benzene rings is 2. The van der Waals surface area contributed by atoms with E-state index in [1.54, 1.807) is 24.3 Å². The second-order valence-electron chi connectivity index (χ2n) is 9.44. The molecule has 208 valence electrons. The molecule has 9 heteroatoms. The number of thiophene rings is 1. The molecule has 0 unspecified atom stereocenters. The highest BCUT2D eigenvalue weighted by atomic mass is 32.2. The molecule has 6 nitrogen and oxygen atoms in total. The van der Waals surface area contributed by atoms with Crippen LogP contribution in [0.25, 0.3) is 0 Å². The van der Waals surface area contributed by atoms with Gasteiger partial charge in [-0.05, 0) is 54.7 Å². The molecular formula is C29H38O6S3. The third-order valence-electron chi connectivity index (χ3n) is 6.27. The van der Waals surface area contributed by atoms with Gasteiger partial charge in [0, 0.05) is 10.8 Å². The van der Waals surface area contributed by atoms with Gasteiger partial charge in [-0.2, -0.15) is 16.8 Å². The van der Waals surface area contributed by atoms with Crippen LogP contribution in [0.4, 0.5) is 0 Å². The van der Waals surface area contributed by atoms with Crippen LogP contribution >= 0.6 is 11.3 Å². The quantitative estimate of drug-likeness (QED) is 0.119. The summed E-state index contributed by atoms with van der Waals surface area (Å²) in [6, 6.07) is 13.1. The second-order valence-corrected chi connectivity index (χ2v) is 13.3. The normalized spacial score (nSPS) is 11.9. The Balaban J connectivity index is 1.56. The summed E-state index contributed by atoms with van der Waals surface area (Å²) in [5.41, 5.74) is 2.10. The first-order valence-corrected chi connectivity index (χ1v) is 17.1. The lowest BCUT2D eigenvalue weighted by molar-refractivity contribution is 0.451. The van der Waals surface area contributed by atoms with Crippen LogP contribution in [0, 0.1) is 0 Å². The van der Waals surface area contributed by atoms with E-state index >= 15 is 0 Å². The Bertz CT molecular complexity index is 1330. The van der Waals surface area contributed by atoms with Crippen molar-refractivity contribution in [2.24, 2.45) is 0 Å². The lowest BCUT2D eigenvalue weighted by Crippen LogP contribution is -2.13. The van der Waals surface area contributed by atoms with Gasteiger partial charge in [-0.1, -0.05) is 89.5 Å². The fraction of sp³-hybridized carbons (Fsp3) is 0.448. The molecule has 3 rings (SSSR count). The molecule has 0 fully saturated rings. The van der Waals surface area contributed by atoms with Gasteiger partial charge in [0.2, 0.25) is 0 Å². The highest BCUT2D eigenvalue weighted by molar-refractivity contribution is 7.87. The number of hydrogen-bond donors (Lipinski definition) is 0. The Morgan fingerprint density at radius 2 is 0.974 bits per heavy atom. The summed E-state index contributed by atoms with van der Waals surface area (Å²) in [6.45, 7) is 4.27. The summed E-state index contributed by atoms with van der Waals surface area (Å²) >= 11 is 1.09. The van der Waals surface area contributed by atoms with E-state index in [9.17, 15) is 16.8 Å². The van der Waals surface area contributed by atoms with Gasteiger partial charge in [0.05, 0.1) is 0 Å². The van der Waals surface area contributed by atoms with Gasteiger partial charge in [0.25, 0.3) is 0 Å². The minimum atomic E-state index is -4.16. The molecular weight excluding hydrogens is 541 g/mol. The van der Waals surface area contributed by atoms with Gasteiger partial charge in [0.1, 0.15) is 9.79 Å². The predicted octanol–water partition coefficient (Wildman–Crippen LogP) is 7.92. The predicted molar refractivity (Wildman–Crippen MR) is 153 cm³/mol. The molecule has 1 aromatic heterocycles. The molecule has 1 heterocycles. The molecule has 0 atom stereocenters. The lowest BCUT2D eigenvalue weighted by atomic mass is 10.0. The highest BCUT2D eigenvalue weighted by Crippen LogP contribution is 2.36. The summed E-state index contributed by atoms with van der Waals surface area (Å²) in [6.07, 6.45) is 12.6. The van der Waals surface area contributed by atoms with Crippen molar-refractivity contribution < 1.29 is 25.2 Å². The van der Waals surface area contributed by atoms with Crippen LogP contribution in [0.3, 0.4) is 0 Å². The zero-order chi connectivity index (χ0) is 27.4. The second kappa shape index (κ2) is 14.7. The fourth-order valence-electron chi connectivity index (χ4n) is 4.13. The Labute approximate surface area is 232 Å². The van der Waals surface area contributed by atoms with Crippen molar-refractivity contribution in [1.82, 2.24) is 0 Å². The number of rotatable bonds is 17. The summed E-state index contributed by atoms with van der Waals surface area (Å²) in [5.74, 6) is -0.327. The Morgan fingerprint density at radius 1 is 0.553 bits per heavy atom. The Morgan fingerprint density at radius 3 is 1.42 bits per heavy atom. The monoisotopic (exact) mass is 578 g/mol. The van der Waals surface area contributed by atoms with E-state index < -0.39 is 20.2 Å². The third-order valence-corrected chi connectivity index (χ3v) is 9.47. The number of hydrogen-bond acceptors (Lipinski definition) is 7. The molecule has 0 saturated heterocycles. The van der Waals surface area contributed by atoms with Crippen LogP contribution in [-0.2, 0) is 33.1 Å². The van der Waals surface area contributed by atoms with Gasteiger partial charge in [-0.3, -0.25) is 0 Å². The van der Waals surface area contributed by atoms with Crippen molar-refractivity contribution in [3.05, 3.63) is 70.4 Å². The summed E-state index contributed by atoms with van der Waals surface area (Å²) in [7, 11) is -8.31. The average Bonchev–Trinajstić information content (AvgIpc) is 3.31. The minimum absolute atomic E-state index is 0.00342. The standard InChI is InChI=1S/C29H38O6S3/c1-3-5-6-7-8-9-10-11-13-25-16-20-27(21-17-25)38(32,33)35-29-23-36-22-28(29)34-37(30,31)26-18-14-24(12-4-2)15-19-26/h14-23H,3-13H2,1-2H3. The first-order valence-electron chi connectivity index (χ1n) is 13.4. The van der Waals surface area contributed by atoms with E-state index in [2.05, 4.69) is 6.92 Å². The molecule has 0 N–H and O–H groups in total. The first kappa shape index (κ1) is 30.2. The Hall–Kier alpha value is -2.36. The Kier molecular flexibility index (Phi) is 11.7. The zero-order valence-corrected chi connectivity index (χ0v) is 24.7. The number of unbranched alkanes of at least 4 members (excludes halogenated alkanes) is 7. The molecule has 0 radical (unpaired) electrons. The average molecular weight is 579 g/mol. The van der Waals surface area contributed by atoms with Crippen molar-refractivity contribution in [3.8, 4) is 11.5 Å². The summed E-state index contributed by atoms with van der Waals surface area (Å²) < 4.78 is 61.8. The molecule has 0 aliphatic heterocycles. The van der Waals surface area contributed by atoms with Gasteiger partial charge < -0.3 is 8.37 Å². The molecule has 0 saturated carbocycles. The van der Waals surface area contributed by atoms with E-state index in [0.717, 1.165) is 48.1 Å². The topological polar surface area (TPSA) is 86.7 Å². The molecule has 3 aromatic rings. The van der Waals surface area contributed by atoms with Crippen LogP contribution in [0.15, 0.2) is 69.1 Å². The maximum Gasteiger partial charge on any atom is 0.339 e. The third kappa shape index (κ3) is 9.13. The minimum Gasteiger partial charge on any atom is -0.374 e. The number of aryl methyl sites for hydroxylation is 2. The van der Waals surface area contributed by atoms with Crippen molar-refractivity contribution in [1.29, 1.82) is 0 Å². The maximum absolute atomic E-state index is 12.9.